The molecule has 1 aliphatic rings. The van der Waals surface area contributed by atoms with Crippen molar-refractivity contribution in [2.45, 2.75) is 37.1 Å². The zero-order valence-corrected chi connectivity index (χ0v) is 13.8. The molecule has 1 aliphatic carbocycles. The quantitative estimate of drug-likeness (QED) is 0.844. The van der Waals surface area contributed by atoms with Crippen molar-refractivity contribution in [3.63, 3.8) is 0 Å². The van der Waals surface area contributed by atoms with Gasteiger partial charge in [0.2, 0.25) is 10.0 Å². The van der Waals surface area contributed by atoms with E-state index in [1.807, 2.05) is 0 Å². The van der Waals surface area contributed by atoms with Crippen LogP contribution in [0.2, 0.25) is 0 Å². The number of rotatable bonds is 3. The van der Waals surface area contributed by atoms with Crippen molar-refractivity contribution in [3.05, 3.63) is 28.0 Å². The normalized spacial score (nSPS) is 22.3. The molecule has 1 fully saturated rings. The smallest absolute Gasteiger partial charge is 0.252 e. The predicted octanol–water partition coefficient (Wildman–Crippen LogP) is 2.15. The van der Waals surface area contributed by atoms with Crippen molar-refractivity contribution in [3.8, 4) is 0 Å². The van der Waals surface area contributed by atoms with E-state index in [1.54, 1.807) is 0 Å². The van der Waals surface area contributed by atoms with Crippen LogP contribution in [0, 0.1) is 11.7 Å². The lowest BCUT2D eigenvalue weighted by atomic mass is 10.1. The van der Waals surface area contributed by atoms with Gasteiger partial charge in [-0.2, -0.15) is 0 Å². The van der Waals surface area contributed by atoms with Crippen LogP contribution in [-0.2, 0) is 10.0 Å². The van der Waals surface area contributed by atoms with Crippen molar-refractivity contribution in [1.29, 1.82) is 0 Å². The number of primary sulfonamides is 1. The number of sulfonamides is 1. The van der Waals surface area contributed by atoms with Crippen molar-refractivity contribution in [1.82, 2.24) is 5.32 Å². The monoisotopic (exact) mass is 378 g/mol. The first-order valence-electron chi connectivity index (χ1n) is 6.51. The first-order valence-corrected chi connectivity index (χ1v) is 8.85. The molecule has 1 aromatic rings. The van der Waals surface area contributed by atoms with Gasteiger partial charge in [-0.3, -0.25) is 4.79 Å². The van der Waals surface area contributed by atoms with Crippen LogP contribution in [0.3, 0.4) is 0 Å². The fourth-order valence-electron chi connectivity index (χ4n) is 2.54. The van der Waals surface area contributed by atoms with E-state index >= 15 is 0 Å². The maximum absolute atomic E-state index is 13.6. The standard InChI is InChI=1S/C13H16BrFN2O3S/c1-7-2-3-9(4-7)17-13(18)10-5-8(15)6-11(12(10)14)21(16,19)20/h5-7,9H,2-4H2,1H3,(H,17,18)(H2,16,19,20). The summed E-state index contributed by atoms with van der Waals surface area (Å²) >= 11 is 3.03. The maximum Gasteiger partial charge on any atom is 0.252 e. The lowest BCUT2D eigenvalue weighted by Gasteiger charge is -2.14. The summed E-state index contributed by atoms with van der Waals surface area (Å²) in [6.45, 7) is 2.10. The summed E-state index contributed by atoms with van der Waals surface area (Å²) in [6.07, 6.45) is 2.75. The number of hydrogen-bond donors (Lipinski definition) is 2. The Morgan fingerprint density at radius 1 is 1.43 bits per heavy atom. The van der Waals surface area contributed by atoms with Gasteiger partial charge in [0, 0.05) is 6.04 Å². The zero-order chi connectivity index (χ0) is 15.8. The molecule has 0 aromatic heterocycles. The summed E-state index contributed by atoms with van der Waals surface area (Å²) in [5.74, 6) is -0.802. The number of nitrogens with two attached hydrogens (primary N) is 1. The molecular formula is C13H16BrFN2O3S. The fraction of sp³-hybridized carbons (Fsp3) is 0.462. The number of benzene rings is 1. The third-order valence-corrected chi connectivity index (χ3v) is 5.64. The van der Waals surface area contributed by atoms with Crippen LogP contribution in [0.4, 0.5) is 4.39 Å². The summed E-state index contributed by atoms with van der Waals surface area (Å²) in [5.41, 5.74) is -0.0708. The molecule has 0 saturated heterocycles. The van der Waals surface area contributed by atoms with E-state index in [2.05, 4.69) is 28.2 Å². The average molecular weight is 379 g/mol. The Labute approximate surface area is 131 Å². The van der Waals surface area contributed by atoms with E-state index in [1.165, 1.54) is 0 Å². The summed E-state index contributed by atoms with van der Waals surface area (Å²) in [6, 6.07) is 1.81. The highest BCUT2D eigenvalue weighted by Crippen LogP contribution is 2.28. The van der Waals surface area contributed by atoms with Gasteiger partial charge in [0.05, 0.1) is 14.9 Å². The van der Waals surface area contributed by atoms with Gasteiger partial charge in [-0.25, -0.2) is 17.9 Å². The topological polar surface area (TPSA) is 89.3 Å². The van der Waals surface area contributed by atoms with Gasteiger partial charge in [-0.15, -0.1) is 0 Å². The van der Waals surface area contributed by atoms with E-state index in [0.29, 0.717) is 5.92 Å². The molecule has 0 radical (unpaired) electrons. The molecule has 8 heteroatoms. The third-order valence-electron chi connectivity index (χ3n) is 3.59. The molecule has 1 aromatic carbocycles. The van der Waals surface area contributed by atoms with Gasteiger partial charge >= 0.3 is 0 Å². The van der Waals surface area contributed by atoms with E-state index in [0.717, 1.165) is 31.4 Å². The zero-order valence-electron chi connectivity index (χ0n) is 11.4. The van der Waals surface area contributed by atoms with Gasteiger partial charge in [-0.05, 0) is 53.2 Å². The van der Waals surface area contributed by atoms with E-state index < -0.39 is 26.6 Å². The van der Waals surface area contributed by atoms with Crippen LogP contribution in [0.1, 0.15) is 36.5 Å². The molecule has 1 saturated carbocycles. The van der Waals surface area contributed by atoms with Crippen molar-refractivity contribution >= 4 is 31.9 Å². The molecule has 2 unspecified atom stereocenters. The van der Waals surface area contributed by atoms with Crippen molar-refractivity contribution in [2.24, 2.45) is 11.1 Å². The molecule has 21 heavy (non-hydrogen) atoms. The molecule has 2 atom stereocenters. The second kappa shape index (κ2) is 6.02. The van der Waals surface area contributed by atoms with E-state index in [-0.39, 0.29) is 16.1 Å². The number of carbonyl (C=O) groups is 1. The third kappa shape index (κ3) is 3.81. The van der Waals surface area contributed by atoms with Crippen molar-refractivity contribution < 1.29 is 17.6 Å². The average Bonchev–Trinajstić information content (AvgIpc) is 2.75. The number of carbonyl (C=O) groups excluding carboxylic acids is 1. The highest BCUT2D eigenvalue weighted by atomic mass is 79.9. The molecule has 5 nitrogen and oxygen atoms in total. The van der Waals surface area contributed by atoms with Crippen LogP contribution in [0.25, 0.3) is 0 Å². The van der Waals surface area contributed by atoms with Crippen LogP contribution in [0.5, 0.6) is 0 Å². The van der Waals surface area contributed by atoms with Gasteiger partial charge < -0.3 is 5.32 Å². The summed E-state index contributed by atoms with van der Waals surface area (Å²) in [5, 5.41) is 7.82. The minimum absolute atomic E-state index is 0.0186. The summed E-state index contributed by atoms with van der Waals surface area (Å²) < 4.78 is 36.4. The van der Waals surface area contributed by atoms with Crippen LogP contribution in [0.15, 0.2) is 21.5 Å². The Morgan fingerprint density at radius 2 is 2.10 bits per heavy atom. The first kappa shape index (κ1) is 16.4. The van der Waals surface area contributed by atoms with Gasteiger partial charge in [0.1, 0.15) is 5.82 Å². The Hall–Kier alpha value is -0.990. The molecule has 1 amide bonds. The molecule has 0 bridgehead atoms. The minimum Gasteiger partial charge on any atom is -0.349 e. The summed E-state index contributed by atoms with van der Waals surface area (Å²) in [7, 11) is -4.11. The molecule has 0 spiro atoms. The number of hydrogen-bond acceptors (Lipinski definition) is 3. The summed E-state index contributed by atoms with van der Waals surface area (Å²) in [4.78, 5) is 11.8. The Kier molecular flexibility index (Phi) is 4.69. The lowest BCUT2D eigenvalue weighted by Crippen LogP contribution is -2.33. The van der Waals surface area contributed by atoms with Crippen molar-refractivity contribution in [2.75, 3.05) is 0 Å². The number of amides is 1. The Bertz CT molecular complexity index is 678. The fourth-order valence-corrected chi connectivity index (χ4v) is 4.26. The van der Waals surface area contributed by atoms with Crippen LogP contribution >= 0.6 is 15.9 Å². The van der Waals surface area contributed by atoms with Gasteiger partial charge in [-0.1, -0.05) is 6.92 Å². The molecule has 2 rings (SSSR count). The SMILES string of the molecule is CC1CCC(NC(=O)c2cc(F)cc(S(N)(=O)=O)c2Br)C1. The molecule has 0 aliphatic heterocycles. The Morgan fingerprint density at radius 3 is 2.62 bits per heavy atom. The van der Waals surface area contributed by atoms with E-state index in [4.69, 9.17) is 5.14 Å². The lowest BCUT2D eigenvalue weighted by molar-refractivity contribution is 0.0935. The number of halogens is 2. The highest BCUT2D eigenvalue weighted by Gasteiger charge is 2.26. The molecule has 116 valence electrons. The molecule has 0 heterocycles. The molecular weight excluding hydrogens is 363 g/mol. The van der Waals surface area contributed by atoms with Gasteiger partial charge in [0.15, 0.2) is 0 Å². The highest BCUT2D eigenvalue weighted by molar-refractivity contribution is 9.10. The predicted molar refractivity (Wildman–Crippen MR) is 79.7 cm³/mol. The van der Waals surface area contributed by atoms with E-state index in [9.17, 15) is 17.6 Å². The van der Waals surface area contributed by atoms with Crippen LogP contribution < -0.4 is 10.5 Å². The minimum atomic E-state index is -4.11. The first-order chi connectivity index (χ1) is 9.68. The second-order valence-electron chi connectivity index (χ2n) is 5.40. The molecule has 3 N–H and O–H groups in total. The van der Waals surface area contributed by atoms with Crippen LogP contribution in [-0.4, -0.2) is 20.4 Å². The maximum atomic E-state index is 13.6. The largest absolute Gasteiger partial charge is 0.349 e. The van der Waals surface area contributed by atoms with Gasteiger partial charge in [0.25, 0.3) is 5.91 Å². The second-order valence-corrected chi connectivity index (χ2v) is 7.72. The Balaban J connectivity index is 2.31. The number of nitrogens with one attached hydrogen (secondary N) is 1.